The molecular weight excluding hydrogens is 184 g/mol. The molecule has 15 heavy (non-hydrogen) atoms. The van der Waals surface area contributed by atoms with E-state index in [1.807, 2.05) is 0 Å². The highest BCUT2D eigenvalue weighted by atomic mass is 14.9. The van der Waals surface area contributed by atoms with Crippen LogP contribution in [-0.2, 0) is 0 Å². The zero-order valence-electron chi connectivity index (χ0n) is 10.7. The Morgan fingerprint density at radius 1 is 1.27 bits per heavy atom. The molecule has 1 aliphatic rings. The Kier molecular flexibility index (Phi) is 5.07. The third-order valence-corrected chi connectivity index (χ3v) is 3.70. The number of hydrogen-bond acceptors (Lipinski definition) is 2. The van der Waals surface area contributed by atoms with Gasteiger partial charge in [-0.1, -0.05) is 40.0 Å². The molecule has 0 aromatic rings. The second-order valence-electron chi connectivity index (χ2n) is 6.10. The molecule has 0 heterocycles. The lowest BCUT2D eigenvalue weighted by Crippen LogP contribution is -2.38. The van der Waals surface area contributed by atoms with Crippen LogP contribution in [0.5, 0.6) is 0 Å². The van der Waals surface area contributed by atoms with Crippen LogP contribution >= 0.6 is 0 Å². The standard InChI is InChI=1S/C13H28N2/c1-13(2,3)12(14)8-10-15-9-7-11-5-4-6-11/h11-12,15H,4-10,14H2,1-3H3. The second kappa shape index (κ2) is 5.86. The van der Waals surface area contributed by atoms with Crippen LogP contribution in [0, 0.1) is 11.3 Å². The molecule has 1 fully saturated rings. The van der Waals surface area contributed by atoms with Gasteiger partial charge in [-0.05, 0) is 37.3 Å². The molecule has 1 atom stereocenters. The molecule has 3 N–H and O–H groups in total. The summed E-state index contributed by atoms with van der Waals surface area (Å²) in [5.41, 5.74) is 6.34. The van der Waals surface area contributed by atoms with E-state index in [1.54, 1.807) is 0 Å². The number of nitrogens with two attached hydrogens (primary N) is 1. The molecule has 0 saturated heterocycles. The van der Waals surface area contributed by atoms with Crippen LogP contribution in [0.2, 0.25) is 0 Å². The Labute approximate surface area is 95.0 Å². The Morgan fingerprint density at radius 2 is 1.93 bits per heavy atom. The fourth-order valence-electron chi connectivity index (χ4n) is 1.90. The van der Waals surface area contributed by atoms with Crippen LogP contribution in [0.4, 0.5) is 0 Å². The molecule has 0 spiro atoms. The van der Waals surface area contributed by atoms with Crippen molar-refractivity contribution in [3.05, 3.63) is 0 Å². The van der Waals surface area contributed by atoms with Gasteiger partial charge in [0, 0.05) is 6.04 Å². The van der Waals surface area contributed by atoms with Crippen LogP contribution in [0.3, 0.4) is 0 Å². The van der Waals surface area contributed by atoms with Gasteiger partial charge in [0.1, 0.15) is 0 Å². The number of rotatable bonds is 6. The molecule has 0 bridgehead atoms. The molecule has 2 nitrogen and oxygen atoms in total. The van der Waals surface area contributed by atoms with Crippen molar-refractivity contribution in [1.82, 2.24) is 5.32 Å². The summed E-state index contributed by atoms with van der Waals surface area (Å²) in [6, 6.07) is 0.314. The lowest BCUT2D eigenvalue weighted by molar-refractivity contribution is 0.283. The summed E-state index contributed by atoms with van der Waals surface area (Å²) in [5.74, 6) is 1.02. The Morgan fingerprint density at radius 3 is 2.40 bits per heavy atom. The average molecular weight is 212 g/mol. The summed E-state index contributed by atoms with van der Waals surface area (Å²) in [4.78, 5) is 0. The van der Waals surface area contributed by atoms with Crippen molar-refractivity contribution >= 4 is 0 Å². The van der Waals surface area contributed by atoms with E-state index in [9.17, 15) is 0 Å². The van der Waals surface area contributed by atoms with Crippen molar-refractivity contribution in [3.8, 4) is 0 Å². The molecule has 1 aliphatic carbocycles. The lowest BCUT2D eigenvalue weighted by atomic mass is 9.83. The van der Waals surface area contributed by atoms with E-state index in [-0.39, 0.29) is 5.41 Å². The third kappa shape index (κ3) is 4.98. The van der Waals surface area contributed by atoms with Gasteiger partial charge in [0.2, 0.25) is 0 Å². The SMILES string of the molecule is CC(C)(C)C(N)CCNCCC1CCC1. The minimum absolute atomic E-state index is 0.246. The Bertz CT molecular complexity index is 168. The minimum atomic E-state index is 0.246. The molecule has 0 aromatic carbocycles. The maximum absolute atomic E-state index is 6.09. The van der Waals surface area contributed by atoms with Crippen molar-refractivity contribution in [2.75, 3.05) is 13.1 Å². The van der Waals surface area contributed by atoms with Crippen LogP contribution in [-0.4, -0.2) is 19.1 Å². The zero-order chi connectivity index (χ0) is 11.3. The van der Waals surface area contributed by atoms with E-state index in [1.165, 1.54) is 32.2 Å². The predicted octanol–water partition coefficient (Wildman–Crippen LogP) is 2.53. The summed E-state index contributed by atoms with van der Waals surface area (Å²) in [6.45, 7) is 8.90. The smallest absolute Gasteiger partial charge is 0.00997 e. The van der Waals surface area contributed by atoms with Crippen molar-refractivity contribution in [1.29, 1.82) is 0 Å². The molecule has 2 heteroatoms. The lowest BCUT2D eigenvalue weighted by Gasteiger charge is -2.28. The average Bonchev–Trinajstić information content (AvgIpc) is 2.05. The molecule has 1 unspecified atom stereocenters. The quantitative estimate of drug-likeness (QED) is 0.664. The highest BCUT2D eigenvalue weighted by molar-refractivity contribution is 4.77. The first kappa shape index (κ1) is 13.0. The summed E-state index contributed by atoms with van der Waals surface area (Å²) in [6.07, 6.45) is 6.84. The minimum Gasteiger partial charge on any atom is -0.327 e. The van der Waals surface area contributed by atoms with E-state index < -0.39 is 0 Å². The fourth-order valence-corrected chi connectivity index (χ4v) is 1.90. The van der Waals surface area contributed by atoms with Crippen LogP contribution < -0.4 is 11.1 Å². The topological polar surface area (TPSA) is 38.0 Å². The molecule has 0 radical (unpaired) electrons. The van der Waals surface area contributed by atoms with Gasteiger partial charge in [-0.15, -0.1) is 0 Å². The van der Waals surface area contributed by atoms with Gasteiger partial charge < -0.3 is 11.1 Å². The molecular formula is C13H28N2. The maximum atomic E-state index is 6.09. The van der Waals surface area contributed by atoms with Gasteiger partial charge in [0.05, 0.1) is 0 Å². The summed E-state index contributed by atoms with van der Waals surface area (Å²) in [7, 11) is 0. The van der Waals surface area contributed by atoms with Crippen molar-refractivity contribution < 1.29 is 0 Å². The van der Waals surface area contributed by atoms with E-state index >= 15 is 0 Å². The van der Waals surface area contributed by atoms with Crippen LogP contribution in [0.15, 0.2) is 0 Å². The molecule has 1 rings (SSSR count). The highest BCUT2D eigenvalue weighted by Gasteiger charge is 2.20. The fraction of sp³-hybridized carbons (Fsp3) is 1.00. The van der Waals surface area contributed by atoms with Gasteiger partial charge in [-0.2, -0.15) is 0 Å². The third-order valence-electron chi connectivity index (χ3n) is 3.70. The van der Waals surface area contributed by atoms with Gasteiger partial charge in [0.15, 0.2) is 0 Å². The first-order valence-electron chi connectivity index (χ1n) is 6.46. The predicted molar refractivity (Wildman–Crippen MR) is 66.9 cm³/mol. The van der Waals surface area contributed by atoms with E-state index in [0.717, 1.165) is 18.9 Å². The van der Waals surface area contributed by atoms with Gasteiger partial charge in [-0.25, -0.2) is 0 Å². The first-order valence-corrected chi connectivity index (χ1v) is 6.46. The highest BCUT2D eigenvalue weighted by Crippen LogP contribution is 2.28. The van der Waals surface area contributed by atoms with E-state index in [0.29, 0.717) is 6.04 Å². The Balaban J connectivity index is 1.91. The zero-order valence-corrected chi connectivity index (χ0v) is 10.7. The Hall–Kier alpha value is -0.0800. The largest absolute Gasteiger partial charge is 0.327 e. The molecule has 90 valence electrons. The second-order valence-corrected chi connectivity index (χ2v) is 6.10. The molecule has 0 aliphatic heterocycles. The van der Waals surface area contributed by atoms with Crippen LogP contribution in [0.1, 0.15) is 52.9 Å². The molecule has 0 aromatic heterocycles. The van der Waals surface area contributed by atoms with Crippen LogP contribution in [0.25, 0.3) is 0 Å². The van der Waals surface area contributed by atoms with Gasteiger partial charge in [0.25, 0.3) is 0 Å². The molecule has 1 saturated carbocycles. The maximum Gasteiger partial charge on any atom is 0.00997 e. The van der Waals surface area contributed by atoms with Crippen molar-refractivity contribution in [2.24, 2.45) is 17.1 Å². The number of hydrogen-bond donors (Lipinski definition) is 2. The summed E-state index contributed by atoms with van der Waals surface area (Å²) < 4.78 is 0. The summed E-state index contributed by atoms with van der Waals surface area (Å²) >= 11 is 0. The van der Waals surface area contributed by atoms with Gasteiger partial charge in [-0.3, -0.25) is 0 Å². The normalized spacial score (nSPS) is 20.0. The van der Waals surface area contributed by atoms with E-state index in [2.05, 4.69) is 26.1 Å². The number of nitrogens with one attached hydrogen (secondary N) is 1. The first-order chi connectivity index (χ1) is 7.00. The summed E-state index contributed by atoms with van der Waals surface area (Å²) in [5, 5.41) is 3.51. The molecule has 0 amide bonds. The van der Waals surface area contributed by atoms with E-state index in [4.69, 9.17) is 5.73 Å². The monoisotopic (exact) mass is 212 g/mol. The van der Waals surface area contributed by atoms with Crippen molar-refractivity contribution in [3.63, 3.8) is 0 Å². The van der Waals surface area contributed by atoms with Crippen molar-refractivity contribution in [2.45, 2.75) is 58.9 Å². The van der Waals surface area contributed by atoms with Gasteiger partial charge >= 0.3 is 0 Å².